The van der Waals surface area contributed by atoms with Gasteiger partial charge in [0.2, 0.25) is 0 Å². The predicted molar refractivity (Wildman–Crippen MR) is 83.5 cm³/mol. The lowest BCUT2D eigenvalue weighted by molar-refractivity contribution is -0.0343. The zero-order valence-electron chi connectivity index (χ0n) is 14.5. The highest BCUT2D eigenvalue weighted by Crippen LogP contribution is 2.18. The fraction of sp³-hybridized carbons (Fsp3) is 1.00. The third-order valence-corrected chi connectivity index (χ3v) is 3.75. The summed E-state index contributed by atoms with van der Waals surface area (Å²) in [6.07, 6.45) is 1.45. The SMILES string of the molecule is COC(C)(C)CC(O)CCOCCC(O)CC(C)(C)OC. The van der Waals surface area contributed by atoms with Crippen molar-refractivity contribution in [3.63, 3.8) is 0 Å². The van der Waals surface area contributed by atoms with Crippen LogP contribution in [0.25, 0.3) is 0 Å². The lowest BCUT2D eigenvalue weighted by Crippen LogP contribution is -2.30. The molecule has 0 rings (SSSR count). The van der Waals surface area contributed by atoms with E-state index in [-0.39, 0.29) is 11.2 Å². The van der Waals surface area contributed by atoms with Crippen molar-refractivity contribution in [2.45, 2.75) is 76.8 Å². The lowest BCUT2D eigenvalue weighted by Gasteiger charge is -2.26. The maximum Gasteiger partial charge on any atom is 0.0647 e. The van der Waals surface area contributed by atoms with Crippen molar-refractivity contribution in [3.05, 3.63) is 0 Å². The molecule has 0 aromatic carbocycles. The summed E-state index contributed by atoms with van der Waals surface area (Å²) < 4.78 is 16.0. The molecule has 0 spiro atoms. The Balaban J connectivity index is 3.68. The quantitative estimate of drug-likeness (QED) is 0.541. The van der Waals surface area contributed by atoms with Gasteiger partial charge < -0.3 is 24.4 Å². The van der Waals surface area contributed by atoms with Crippen LogP contribution in [-0.2, 0) is 14.2 Å². The van der Waals surface area contributed by atoms with Gasteiger partial charge in [-0.1, -0.05) is 0 Å². The van der Waals surface area contributed by atoms with Crippen LogP contribution in [0.5, 0.6) is 0 Å². The van der Waals surface area contributed by atoms with Crippen molar-refractivity contribution in [3.8, 4) is 0 Å². The molecular formula is C16H34O5. The lowest BCUT2D eigenvalue weighted by atomic mass is 9.99. The monoisotopic (exact) mass is 306 g/mol. The van der Waals surface area contributed by atoms with Crippen LogP contribution in [0, 0.1) is 0 Å². The average molecular weight is 306 g/mol. The summed E-state index contributed by atoms with van der Waals surface area (Å²) in [7, 11) is 3.29. The molecule has 128 valence electrons. The minimum Gasteiger partial charge on any atom is -0.393 e. The zero-order valence-corrected chi connectivity index (χ0v) is 14.5. The fourth-order valence-electron chi connectivity index (χ4n) is 2.05. The van der Waals surface area contributed by atoms with Crippen LogP contribution < -0.4 is 0 Å². The Kier molecular flexibility index (Phi) is 9.65. The van der Waals surface area contributed by atoms with Gasteiger partial charge in [-0.25, -0.2) is 0 Å². The maximum absolute atomic E-state index is 9.88. The largest absolute Gasteiger partial charge is 0.393 e. The first-order valence-corrected chi connectivity index (χ1v) is 7.66. The van der Waals surface area contributed by atoms with Crippen LogP contribution in [0.3, 0.4) is 0 Å². The van der Waals surface area contributed by atoms with Gasteiger partial charge in [0.15, 0.2) is 0 Å². The number of methoxy groups -OCH3 is 2. The van der Waals surface area contributed by atoms with Crippen molar-refractivity contribution in [1.29, 1.82) is 0 Å². The number of hydrogen-bond donors (Lipinski definition) is 2. The predicted octanol–water partition coefficient (Wildman–Crippen LogP) is 2.14. The highest BCUT2D eigenvalue weighted by molar-refractivity contribution is 4.74. The van der Waals surface area contributed by atoms with Gasteiger partial charge in [-0.05, 0) is 40.5 Å². The summed E-state index contributed by atoms with van der Waals surface area (Å²) in [5.74, 6) is 0. The second-order valence-corrected chi connectivity index (χ2v) is 6.83. The van der Waals surface area contributed by atoms with E-state index >= 15 is 0 Å². The Labute approximate surface area is 129 Å². The van der Waals surface area contributed by atoms with Crippen LogP contribution in [0.1, 0.15) is 53.4 Å². The van der Waals surface area contributed by atoms with E-state index in [1.165, 1.54) is 0 Å². The van der Waals surface area contributed by atoms with E-state index in [0.29, 0.717) is 38.9 Å². The van der Waals surface area contributed by atoms with Crippen LogP contribution in [0.2, 0.25) is 0 Å². The fourth-order valence-corrected chi connectivity index (χ4v) is 2.05. The molecule has 0 amide bonds. The van der Waals surface area contributed by atoms with Gasteiger partial charge in [0, 0.05) is 40.3 Å². The molecule has 0 fully saturated rings. The Morgan fingerprint density at radius 2 is 1.10 bits per heavy atom. The molecule has 2 atom stereocenters. The van der Waals surface area contributed by atoms with Gasteiger partial charge >= 0.3 is 0 Å². The summed E-state index contributed by atoms with van der Waals surface area (Å²) in [5.41, 5.74) is -0.636. The summed E-state index contributed by atoms with van der Waals surface area (Å²) in [6.45, 7) is 8.77. The first kappa shape index (κ1) is 20.8. The number of ether oxygens (including phenoxy) is 3. The molecule has 21 heavy (non-hydrogen) atoms. The van der Waals surface area contributed by atoms with E-state index in [1.54, 1.807) is 14.2 Å². The molecule has 0 radical (unpaired) electrons. The molecule has 2 N–H and O–H groups in total. The van der Waals surface area contributed by atoms with Gasteiger partial charge in [-0.15, -0.1) is 0 Å². The second kappa shape index (κ2) is 9.74. The van der Waals surface area contributed by atoms with Crippen molar-refractivity contribution in [2.24, 2.45) is 0 Å². The molecule has 2 unspecified atom stereocenters. The molecular weight excluding hydrogens is 272 g/mol. The molecule has 0 saturated carbocycles. The van der Waals surface area contributed by atoms with Gasteiger partial charge in [0.05, 0.1) is 23.4 Å². The highest BCUT2D eigenvalue weighted by Gasteiger charge is 2.22. The van der Waals surface area contributed by atoms with Crippen LogP contribution in [-0.4, -0.2) is 61.1 Å². The Morgan fingerprint density at radius 3 is 1.38 bits per heavy atom. The summed E-state index contributed by atoms with van der Waals surface area (Å²) >= 11 is 0. The van der Waals surface area contributed by atoms with E-state index in [1.807, 2.05) is 27.7 Å². The van der Waals surface area contributed by atoms with Crippen LogP contribution in [0.15, 0.2) is 0 Å². The molecule has 5 heteroatoms. The van der Waals surface area contributed by atoms with Gasteiger partial charge in [0.1, 0.15) is 0 Å². The number of aliphatic hydroxyl groups is 2. The molecule has 0 bridgehead atoms. The van der Waals surface area contributed by atoms with Gasteiger partial charge in [-0.2, -0.15) is 0 Å². The number of aliphatic hydroxyl groups excluding tert-OH is 2. The first-order valence-electron chi connectivity index (χ1n) is 7.66. The first-order chi connectivity index (χ1) is 9.62. The zero-order chi connectivity index (χ0) is 16.5. The molecule has 0 aromatic rings. The standard InChI is InChI=1S/C16H34O5/c1-15(2,19-5)11-13(17)7-9-21-10-8-14(18)12-16(3,4)20-6/h13-14,17-18H,7-12H2,1-6H3. The summed E-state index contributed by atoms with van der Waals surface area (Å²) in [4.78, 5) is 0. The molecule has 5 nitrogen and oxygen atoms in total. The topological polar surface area (TPSA) is 68.2 Å². The molecule has 0 aromatic heterocycles. The van der Waals surface area contributed by atoms with Crippen molar-refractivity contribution in [2.75, 3.05) is 27.4 Å². The molecule has 0 saturated heterocycles. The Hall–Kier alpha value is -0.200. The van der Waals surface area contributed by atoms with E-state index in [2.05, 4.69) is 0 Å². The van der Waals surface area contributed by atoms with E-state index < -0.39 is 12.2 Å². The molecule has 0 heterocycles. The number of rotatable bonds is 12. The average Bonchev–Trinajstić information content (AvgIpc) is 2.37. The Morgan fingerprint density at radius 1 is 0.762 bits per heavy atom. The summed E-state index contributed by atoms with van der Waals surface area (Å²) in [5, 5.41) is 19.8. The third kappa shape index (κ3) is 11.1. The van der Waals surface area contributed by atoms with E-state index in [9.17, 15) is 10.2 Å². The van der Waals surface area contributed by atoms with Gasteiger partial charge in [0.25, 0.3) is 0 Å². The second-order valence-electron chi connectivity index (χ2n) is 6.83. The normalized spacial score (nSPS) is 16.0. The van der Waals surface area contributed by atoms with E-state index in [4.69, 9.17) is 14.2 Å². The maximum atomic E-state index is 9.88. The molecule has 0 aliphatic heterocycles. The molecule has 0 aliphatic carbocycles. The molecule has 0 aliphatic rings. The number of hydrogen-bond acceptors (Lipinski definition) is 5. The van der Waals surface area contributed by atoms with Crippen molar-refractivity contribution < 1.29 is 24.4 Å². The van der Waals surface area contributed by atoms with Crippen molar-refractivity contribution >= 4 is 0 Å². The third-order valence-electron chi connectivity index (χ3n) is 3.75. The van der Waals surface area contributed by atoms with Crippen molar-refractivity contribution in [1.82, 2.24) is 0 Å². The minimum atomic E-state index is -0.433. The minimum absolute atomic E-state index is 0.318. The van der Waals surface area contributed by atoms with Crippen LogP contribution >= 0.6 is 0 Å². The summed E-state index contributed by atoms with van der Waals surface area (Å²) in [6, 6.07) is 0. The Bertz CT molecular complexity index is 239. The highest BCUT2D eigenvalue weighted by atomic mass is 16.5. The van der Waals surface area contributed by atoms with Gasteiger partial charge in [-0.3, -0.25) is 0 Å². The van der Waals surface area contributed by atoms with E-state index in [0.717, 1.165) is 0 Å². The smallest absolute Gasteiger partial charge is 0.0647 e. The van der Waals surface area contributed by atoms with Crippen LogP contribution in [0.4, 0.5) is 0 Å².